The van der Waals surface area contributed by atoms with Crippen molar-refractivity contribution in [2.45, 2.75) is 109 Å². The predicted octanol–water partition coefficient (Wildman–Crippen LogP) is 3.52. The second-order valence-electron chi connectivity index (χ2n) is 12.0. The second-order valence-corrected chi connectivity index (χ2v) is 25.4. The van der Waals surface area contributed by atoms with Crippen LogP contribution in [0.25, 0.3) is 0 Å². The highest BCUT2D eigenvalue weighted by molar-refractivity contribution is 6.96. The molecule has 0 fully saturated rings. The summed E-state index contributed by atoms with van der Waals surface area (Å²) in [5.41, 5.74) is 0.882. The number of hydrogen-bond donors (Lipinski definition) is 4. The van der Waals surface area contributed by atoms with Crippen LogP contribution < -0.4 is 0 Å². The van der Waals surface area contributed by atoms with Crippen molar-refractivity contribution in [1.29, 1.82) is 0 Å². The van der Waals surface area contributed by atoms with E-state index in [0.717, 1.165) is 43.1 Å². The standard InChI is InChI=1S/C24H57NO7Si3/c1-9-18-35(8,31-24(2,3)4)32-34(7,22-33(5,6)19-10-14-26)20-11-17-30-21-23(29)25(12-15-27)13-16-28/h23,26-29H,9-22H2,1-8H3. The van der Waals surface area contributed by atoms with E-state index in [-0.39, 0.29) is 32.0 Å². The van der Waals surface area contributed by atoms with Gasteiger partial charge in [0, 0.05) is 34.4 Å². The maximum absolute atomic E-state index is 10.3. The molecule has 0 saturated heterocycles. The van der Waals surface area contributed by atoms with Crippen LogP contribution in [0.4, 0.5) is 0 Å². The van der Waals surface area contributed by atoms with Crippen molar-refractivity contribution in [3.63, 3.8) is 0 Å². The van der Waals surface area contributed by atoms with Crippen LogP contribution in [0.1, 0.15) is 47.0 Å². The lowest BCUT2D eigenvalue weighted by molar-refractivity contribution is -0.0673. The number of hydrogen-bond acceptors (Lipinski definition) is 8. The molecule has 0 aromatic rings. The van der Waals surface area contributed by atoms with E-state index < -0.39 is 31.2 Å². The third-order valence-electron chi connectivity index (χ3n) is 6.01. The maximum atomic E-state index is 10.3. The molecule has 212 valence electrons. The fourth-order valence-corrected chi connectivity index (χ4v) is 25.0. The van der Waals surface area contributed by atoms with E-state index in [1.807, 2.05) is 0 Å². The lowest BCUT2D eigenvalue weighted by Crippen LogP contribution is -2.55. The number of nitrogens with zero attached hydrogens (tertiary/aromatic N) is 1. The van der Waals surface area contributed by atoms with E-state index in [1.165, 1.54) is 0 Å². The Labute approximate surface area is 218 Å². The molecule has 0 rings (SSSR count). The molecule has 0 spiro atoms. The van der Waals surface area contributed by atoms with Gasteiger partial charge in [-0.1, -0.05) is 32.5 Å². The Kier molecular flexibility index (Phi) is 17.2. The van der Waals surface area contributed by atoms with Crippen molar-refractivity contribution in [3.8, 4) is 0 Å². The van der Waals surface area contributed by atoms with Crippen LogP contribution in [0.15, 0.2) is 0 Å². The minimum atomic E-state index is -2.37. The molecule has 3 unspecified atom stereocenters. The zero-order valence-electron chi connectivity index (χ0n) is 23.9. The van der Waals surface area contributed by atoms with Gasteiger partial charge >= 0.3 is 8.56 Å². The number of aliphatic hydroxyl groups is 4. The monoisotopic (exact) mass is 555 g/mol. The molecular formula is C24H57NO7Si3. The highest BCUT2D eigenvalue weighted by Crippen LogP contribution is 2.34. The van der Waals surface area contributed by atoms with Crippen LogP contribution in [0.5, 0.6) is 0 Å². The summed E-state index contributed by atoms with van der Waals surface area (Å²) in [4.78, 5) is 1.61. The predicted molar refractivity (Wildman–Crippen MR) is 151 cm³/mol. The van der Waals surface area contributed by atoms with E-state index in [2.05, 4.69) is 53.9 Å². The van der Waals surface area contributed by atoms with E-state index in [0.29, 0.717) is 19.7 Å². The number of rotatable bonds is 21. The first-order chi connectivity index (χ1) is 16.1. The van der Waals surface area contributed by atoms with E-state index in [1.54, 1.807) is 4.90 Å². The van der Waals surface area contributed by atoms with Gasteiger partial charge in [0.15, 0.2) is 8.32 Å². The third kappa shape index (κ3) is 16.7. The minimum Gasteiger partial charge on any atom is -0.436 e. The fourth-order valence-electron chi connectivity index (χ4n) is 5.09. The SMILES string of the molecule is CCC[Si](C)(OC(C)(C)C)O[Si](C)(CCCOCC(O)N(CCO)CCO)C[Si](C)(C)CCCO. The molecule has 35 heavy (non-hydrogen) atoms. The summed E-state index contributed by atoms with van der Waals surface area (Å²) in [6.45, 7) is 19.2. The average molecular weight is 556 g/mol. The highest BCUT2D eigenvalue weighted by atomic mass is 28.5. The van der Waals surface area contributed by atoms with Gasteiger partial charge in [0.25, 0.3) is 0 Å². The van der Waals surface area contributed by atoms with Crippen LogP contribution in [0.3, 0.4) is 0 Å². The summed E-state index contributed by atoms with van der Waals surface area (Å²) in [6, 6.07) is 3.03. The molecular weight excluding hydrogens is 499 g/mol. The molecule has 0 aliphatic heterocycles. The van der Waals surface area contributed by atoms with Gasteiger partial charge in [-0.05, 0) is 64.5 Å². The van der Waals surface area contributed by atoms with Gasteiger partial charge < -0.3 is 33.7 Å². The van der Waals surface area contributed by atoms with Gasteiger partial charge in [0.1, 0.15) is 6.23 Å². The largest absolute Gasteiger partial charge is 0.436 e. The van der Waals surface area contributed by atoms with Crippen LogP contribution in [-0.2, 0) is 13.3 Å². The van der Waals surface area contributed by atoms with Gasteiger partial charge in [0.05, 0.1) is 25.4 Å². The second kappa shape index (κ2) is 17.0. The molecule has 0 heterocycles. The molecule has 0 aliphatic carbocycles. The molecule has 0 amide bonds. The minimum absolute atomic E-state index is 0.0780. The van der Waals surface area contributed by atoms with Crippen LogP contribution in [0, 0.1) is 0 Å². The zero-order chi connectivity index (χ0) is 27.2. The van der Waals surface area contributed by atoms with Crippen molar-refractivity contribution in [3.05, 3.63) is 0 Å². The molecule has 0 aromatic carbocycles. The van der Waals surface area contributed by atoms with Gasteiger partial charge in [-0.2, -0.15) is 0 Å². The van der Waals surface area contributed by atoms with E-state index in [4.69, 9.17) is 23.5 Å². The molecule has 0 aromatic heterocycles. The first kappa shape index (κ1) is 35.3. The lowest BCUT2D eigenvalue weighted by atomic mass is 10.2. The number of aliphatic hydroxyl groups excluding tert-OH is 4. The lowest BCUT2D eigenvalue weighted by Gasteiger charge is -2.43. The summed E-state index contributed by atoms with van der Waals surface area (Å²) in [7, 11) is -6.06. The average Bonchev–Trinajstić information content (AvgIpc) is 2.69. The van der Waals surface area contributed by atoms with E-state index >= 15 is 0 Å². The summed E-state index contributed by atoms with van der Waals surface area (Å²) in [6.07, 6.45) is 1.89. The zero-order valence-corrected chi connectivity index (χ0v) is 26.9. The molecule has 0 saturated carbocycles. The Bertz CT molecular complexity index is 548. The normalized spacial score (nSPS) is 17.4. The van der Waals surface area contributed by atoms with Crippen molar-refractivity contribution in [2.75, 3.05) is 46.1 Å². The van der Waals surface area contributed by atoms with Crippen molar-refractivity contribution < 1.29 is 33.7 Å². The quantitative estimate of drug-likeness (QED) is 0.0967. The Morgan fingerprint density at radius 1 is 0.857 bits per heavy atom. The van der Waals surface area contributed by atoms with E-state index in [9.17, 15) is 10.2 Å². The third-order valence-corrected chi connectivity index (χ3v) is 22.1. The van der Waals surface area contributed by atoms with Crippen molar-refractivity contribution in [2.24, 2.45) is 0 Å². The molecule has 8 nitrogen and oxygen atoms in total. The van der Waals surface area contributed by atoms with Crippen LogP contribution in [0.2, 0.25) is 50.0 Å². The van der Waals surface area contributed by atoms with Gasteiger partial charge in [0.2, 0.25) is 0 Å². The molecule has 0 bridgehead atoms. The molecule has 3 atom stereocenters. The van der Waals surface area contributed by atoms with Gasteiger partial charge in [-0.3, -0.25) is 4.90 Å². The van der Waals surface area contributed by atoms with Crippen molar-refractivity contribution in [1.82, 2.24) is 4.90 Å². The smallest absolute Gasteiger partial charge is 0.325 e. The molecule has 0 aliphatic rings. The molecule has 0 radical (unpaired) electrons. The summed E-state index contributed by atoms with van der Waals surface area (Å²) in [5, 5.41) is 38.0. The summed E-state index contributed by atoms with van der Waals surface area (Å²) < 4.78 is 19.5. The number of ether oxygens (including phenoxy) is 1. The highest BCUT2D eigenvalue weighted by Gasteiger charge is 2.45. The van der Waals surface area contributed by atoms with Crippen molar-refractivity contribution >= 4 is 25.0 Å². The Morgan fingerprint density at radius 3 is 1.94 bits per heavy atom. The van der Waals surface area contributed by atoms with Gasteiger partial charge in [-0.25, -0.2) is 0 Å². The molecule has 4 N–H and O–H groups in total. The van der Waals surface area contributed by atoms with Crippen LogP contribution in [-0.4, -0.2) is 108 Å². The Morgan fingerprint density at radius 2 is 1.46 bits per heavy atom. The molecule has 11 heteroatoms. The first-order valence-corrected chi connectivity index (χ1v) is 22.1. The Hall–Kier alpha value is 0.331. The fraction of sp³-hybridized carbons (Fsp3) is 1.00. The van der Waals surface area contributed by atoms with Crippen LogP contribution >= 0.6 is 0 Å². The Balaban J connectivity index is 5.28. The first-order valence-electron chi connectivity index (χ1n) is 13.4. The maximum Gasteiger partial charge on any atom is 0.325 e. The van der Waals surface area contributed by atoms with Gasteiger partial charge in [-0.15, -0.1) is 0 Å². The summed E-state index contributed by atoms with van der Waals surface area (Å²) in [5.74, 6) is 0. The summed E-state index contributed by atoms with van der Waals surface area (Å²) >= 11 is 0. The topological polar surface area (TPSA) is 112 Å².